The maximum Gasteiger partial charge on any atom is 0.295 e. The highest BCUT2D eigenvalue weighted by molar-refractivity contribution is 7.86. The Kier molecular flexibility index (Phi) is 5.68. The van der Waals surface area contributed by atoms with Crippen LogP contribution in [0.5, 0.6) is 0 Å². The molecular formula is C18H18N2O3S. The summed E-state index contributed by atoms with van der Waals surface area (Å²) in [5.74, 6) is 0.847. The summed E-state index contributed by atoms with van der Waals surface area (Å²) in [6.07, 6.45) is 6.09. The molecule has 5 nitrogen and oxygen atoms in total. The Balaban J connectivity index is 0.000000185. The average Bonchev–Trinajstić information content (AvgIpc) is 3.09. The van der Waals surface area contributed by atoms with Crippen LogP contribution in [0.1, 0.15) is 12.2 Å². The SMILES string of the molecule is C=CCC(=C)c1ncc[nH]1.O=S(=O)(O)c1cccc2ccccc12. The molecule has 2 N–H and O–H groups in total. The van der Waals surface area contributed by atoms with Gasteiger partial charge in [-0.3, -0.25) is 4.55 Å². The van der Waals surface area contributed by atoms with Gasteiger partial charge in [0, 0.05) is 17.8 Å². The van der Waals surface area contributed by atoms with Crippen LogP contribution in [0.3, 0.4) is 0 Å². The van der Waals surface area contributed by atoms with E-state index in [2.05, 4.69) is 23.1 Å². The summed E-state index contributed by atoms with van der Waals surface area (Å²) >= 11 is 0. The number of allylic oxidation sites excluding steroid dienone is 2. The molecule has 0 fully saturated rings. The number of nitrogens with one attached hydrogen (secondary N) is 1. The maximum absolute atomic E-state index is 11.0. The van der Waals surface area contributed by atoms with Crippen molar-refractivity contribution in [3.05, 3.63) is 79.9 Å². The third-order valence-corrected chi connectivity index (χ3v) is 4.16. The van der Waals surface area contributed by atoms with Crippen LogP contribution in [0.15, 0.2) is 79.0 Å². The molecule has 6 heteroatoms. The summed E-state index contributed by atoms with van der Waals surface area (Å²) in [4.78, 5) is 6.95. The van der Waals surface area contributed by atoms with Gasteiger partial charge >= 0.3 is 0 Å². The number of fused-ring (bicyclic) bond motifs is 1. The number of benzene rings is 2. The van der Waals surface area contributed by atoms with Gasteiger partial charge in [0.2, 0.25) is 0 Å². The number of aromatic nitrogens is 2. The zero-order valence-electron chi connectivity index (χ0n) is 13.0. The number of nitrogens with zero attached hydrogens (tertiary/aromatic N) is 1. The van der Waals surface area contributed by atoms with Crippen molar-refractivity contribution in [1.29, 1.82) is 0 Å². The van der Waals surface area contributed by atoms with Crippen LogP contribution < -0.4 is 0 Å². The van der Waals surface area contributed by atoms with Crippen molar-refractivity contribution in [2.24, 2.45) is 0 Å². The standard InChI is InChI=1S/C10H8O3S.C8H10N2/c11-14(12,13)10-7-3-5-8-4-1-2-6-9(8)10;1-3-4-7(2)8-9-5-6-10-8/h1-7H,(H,11,12,13);3,5-6H,1-2,4H2,(H,9,10). The Morgan fingerprint density at radius 2 is 1.92 bits per heavy atom. The molecule has 0 aliphatic rings. The Hall–Kier alpha value is -2.70. The zero-order valence-corrected chi connectivity index (χ0v) is 13.8. The first-order valence-electron chi connectivity index (χ1n) is 7.17. The van der Waals surface area contributed by atoms with Crippen LogP contribution in [-0.4, -0.2) is 22.9 Å². The number of hydrogen-bond acceptors (Lipinski definition) is 3. The van der Waals surface area contributed by atoms with Crippen molar-refractivity contribution >= 4 is 26.5 Å². The Morgan fingerprint density at radius 1 is 1.21 bits per heavy atom. The molecule has 0 atom stereocenters. The van der Waals surface area contributed by atoms with Crippen LogP contribution in [0.4, 0.5) is 0 Å². The summed E-state index contributed by atoms with van der Waals surface area (Å²) in [6, 6.07) is 11.8. The lowest BCUT2D eigenvalue weighted by Crippen LogP contribution is -1.98. The van der Waals surface area contributed by atoms with Crippen LogP contribution in [-0.2, 0) is 10.1 Å². The van der Waals surface area contributed by atoms with Crippen LogP contribution in [0.2, 0.25) is 0 Å². The van der Waals surface area contributed by atoms with Crippen LogP contribution in [0.25, 0.3) is 16.3 Å². The first-order chi connectivity index (χ1) is 11.4. The summed E-state index contributed by atoms with van der Waals surface area (Å²) in [6.45, 7) is 7.43. The lowest BCUT2D eigenvalue weighted by Gasteiger charge is -2.02. The fraction of sp³-hybridized carbons (Fsp3) is 0.0556. The Labute approximate surface area is 141 Å². The minimum Gasteiger partial charge on any atom is -0.345 e. The number of H-pyrrole nitrogens is 1. The zero-order chi connectivity index (χ0) is 17.6. The number of hydrogen-bond donors (Lipinski definition) is 2. The molecule has 0 unspecified atom stereocenters. The van der Waals surface area contributed by atoms with Crippen molar-refractivity contribution in [3.8, 4) is 0 Å². The third-order valence-electron chi connectivity index (χ3n) is 3.25. The van der Waals surface area contributed by atoms with Gasteiger partial charge < -0.3 is 4.98 Å². The Bertz CT molecular complexity index is 940. The molecule has 0 aliphatic carbocycles. The molecule has 3 rings (SSSR count). The smallest absolute Gasteiger partial charge is 0.295 e. The molecule has 1 aromatic heterocycles. The molecule has 1 heterocycles. The highest BCUT2D eigenvalue weighted by Crippen LogP contribution is 2.22. The van der Waals surface area contributed by atoms with Gasteiger partial charge in [-0.15, -0.1) is 6.58 Å². The molecule has 3 aromatic rings. The minimum atomic E-state index is -4.13. The predicted octanol–water partition coefficient (Wildman–Crippen LogP) is 4.09. The first-order valence-corrected chi connectivity index (χ1v) is 8.61. The first kappa shape index (κ1) is 17.7. The molecule has 0 aliphatic heterocycles. The molecule has 0 radical (unpaired) electrons. The van der Waals surface area contributed by atoms with E-state index >= 15 is 0 Å². The minimum absolute atomic E-state index is 0.0457. The summed E-state index contributed by atoms with van der Waals surface area (Å²) in [7, 11) is -4.13. The highest BCUT2D eigenvalue weighted by Gasteiger charge is 2.12. The quantitative estimate of drug-likeness (QED) is 0.553. The number of imidazole rings is 1. The molecule has 24 heavy (non-hydrogen) atoms. The molecule has 0 spiro atoms. The molecule has 0 saturated carbocycles. The number of aromatic amines is 1. The maximum atomic E-state index is 11.0. The van der Waals surface area contributed by atoms with E-state index in [4.69, 9.17) is 4.55 Å². The normalized spacial score (nSPS) is 10.7. The fourth-order valence-electron chi connectivity index (χ4n) is 2.15. The van der Waals surface area contributed by atoms with Gasteiger partial charge in [0.1, 0.15) is 10.7 Å². The molecular weight excluding hydrogens is 324 g/mol. The van der Waals surface area contributed by atoms with Crippen molar-refractivity contribution < 1.29 is 13.0 Å². The second kappa shape index (κ2) is 7.72. The van der Waals surface area contributed by atoms with Crippen LogP contribution in [0, 0.1) is 0 Å². The van der Waals surface area contributed by atoms with Crippen molar-refractivity contribution in [3.63, 3.8) is 0 Å². The second-order valence-corrected chi connectivity index (χ2v) is 6.38. The molecule has 0 saturated heterocycles. The van der Waals surface area contributed by atoms with E-state index in [1.54, 1.807) is 42.7 Å². The van der Waals surface area contributed by atoms with Gasteiger partial charge in [-0.05, 0) is 23.4 Å². The number of rotatable bonds is 4. The van der Waals surface area contributed by atoms with Gasteiger partial charge in [-0.25, -0.2) is 4.98 Å². The summed E-state index contributed by atoms with van der Waals surface area (Å²) in [5, 5.41) is 1.33. The van der Waals surface area contributed by atoms with Gasteiger partial charge in [-0.2, -0.15) is 8.42 Å². The Morgan fingerprint density at radius 3 is 2.54 bits per heavy atom. The van der Waals surface area contributed by atoms with Crippen molar-refractivity contribution in [1.82, 2.24) is 9.97 Å². The lowest BCUT2D eigenvalue weighted by molar-refractivity contribution is 0.484. The summed E-state index contributed by atoms with van der Waals surface area (Å²) in [5.41, 5.74) is 0.972. The molecule has 0 bridgehead atoms. The van der Waals surface area contributed by atoms with Gasteiger partial charge in [-0.1, -0.05) is 49.1 Å². The second-order valence-electron chi connectivity index (χ2n) is 4.99. The topological polar surface area (TPSA) is 83.0 Å². The van der Waals surface area contributed by atoms with E-state index < -0.39 is 10.1 Å². The monoisotopic (exact) mass is 342 g/mol. The van der Waals surface area contributed by atoms with Crippen LogP contribution >= 0.6 is 0 Å². The molecule has 0 amide bonds. The van der Waals surface area contributed by atoms with Crippen molar-refractivity contribution in [2.45, 2.75) is 11.3 Å². The van der Waals surface area contributed by atoms with E-state index in [1.807, 2.05) is 12.1 Å². The lowest BCUT2D eigenvalue weighted by atomic mass is 10.1. The largest absolute Gasteiger partial charge is 0.345 e. The van der Waals surface area contributed by atoms with E-state index in [1.165, 1.54) is 6.07 Å². The molecule has 2 aromatic carbocycles. The predicted molar refractivity (Wildman–Crippen MR) is 96.2 cm³/mol. The fourth-order valence-corrected chi connectivity index (χ4v) is 2.86. The van der Waals surface area contributed by atoms with Gasteiger partial charge in [0.15, 0.2) is 0 Å². The molecule has 124 valence electrons. The van der Waals surface area contributed by atoms with E-state index in [0.717, 1.165) is 23.2 Å². The van der Waals surface area contributed by atoms with Gasteiger partial charge in [0.05, 0.1) is 0 Å². The van der Waals surface area contributed by atoms with Crippen molar-refractivity contribution in [2.75, 3.05) is 0 Å². The van der Waals surface area contributed by atoms with Gasteiger partial charge in [0.25, 0.3) is 10.1 Å². The van der Waals surface area contributed by atoms with E-state index in [9.17, 15) is 8.42 Å². The average molecular weight is 342 g/mol. The van der Waals surface area contributed by atoms with E-state index in [0.29, 0.717) is 5.39 Å². The van der Waals surface area contributed by atoms with E-state index in [-0.39, 0.29) is 4.90 Å². The highest BCUT2D eigenvalue weighted by atomic mass is 32.2. The third kappa shape index (κ3) is 4.41. The summed E-state index contributed by atoms with van der Waals surface area (Å²) < 4.78 is 31.0.